The van der Waals surface area contributed by atoms with E-state index in [-0.39, 0.29) is 11.8 Å². The number of rotatable bonds is 4. The van der Waals surface area contributed by atoms with Crippen molar-refractivity contribution in [1.82, 2.24) is 9.80 Å². The Morgan fingerprint density at radius 1 is 0.923 bits per heavy atom. The molecule has 0 spiro atoms. The van der Waals surface area contributed by atoms with E-state index in [0.29, 0.717) is 24.3 Å². The zero-order chi connectivity index (χ0) is 18.5. The molecule has 0 radical (unpaired) electrons. The highest BCUT2D eigenvalue weighted by atomic mass is 16.2. The van der Waals surface area contributed by atoms with E-state index < -0.39 is 0 Å². The second kappa shape index (κ2) is 8.15. The summed E-state index contributed by atoms with van der Waals surface area (Å²) in [6, 6.07) is 15.5. The van der Waals surface area contributed by atoms with Crippen molar-refractivity contribution >= 4 is 17.5 Å². The van der Waals surface area contributed by atoms with Gasteiger partial charge >= 0.3 is 6.03 Å². The summed E-state index contributed by atoms with van der Waals surface area (Å²) < 4.78 is 0. The van der Waals surface area contributed by atoms with Gasteiger partial charge in [-0.3, -0.25) is 9.69 Å². The number of anilines is 1. The van der Waals surface area contributed by atoms with Gasteiger partial charge in [0.15, 0.2) is 5.78 Å². The number of nitrogens with one attached hydrogen (secondary N) is 1. The summed E-state index contributed by atoms with van der Waals surface area (Å²) in [6.45, 7) is 7.70. The zero-order valence-electron chi connectivity index (χ0n) is 15.4. The molecule has 1 aliphatic heterocycles. The Morgan fingerprint density at radius 3 is 2.12 bits per heavy atom. The van der Waals surface area contributed by atoms with E-state index in [1.165, 1.54) is 18.1 Å². The third-order valence-corrected chi connectivity index (χ3v) is 4.73. The van der Waals surface area contributed by atoms with Crippen LogP contribution >= 0.6 is 0 Å². The van der Waals surface area contributed by atoms with Crippen LogP contribution in [0, 0.1) is 6.92 Å². The number of hydrogen-bond acceptors (Lipinski definition) is 3. The molecule has 2 aromatic carbocycles. The number of ketones is 1. The highest BCUT2D eigenvalue weighted by molar-refractivity contribution is 5.95. The van der Waals surface area contributed by atoms with Crippen LogP contribution in [0.1, 0.15) is 28.4 Å². The highest BCUT2D eigenvalue weighted by Crippen LogP contribution is 2.13. The summed E-state index contributed by atoms with van der Waals surface area (Å²) in [4.78, 5) is 27.9. The fourth-order valence-electron chi connectivity index (χ4n) is 3.05. The molecule has 3 rings (SSSR count). The topological polar surface area (TPSA) is 52.7 Å². The first-order valence-electron chi connectivity index (χ1n) is 8.96. The van der Waals surface area contributed by atoms with Crippen molar-refractivity contribution in [1.29, 1.82) is 0 Å². The Hall–Kier alpha value is -2.66. The third kappa shape index (κ3) is 4.70. The molecule has 5 heteroatoms. The number of urea groups is 1. The minimum absolute atomic E-state index is 0.0209. The van der Waals surface area contributed by atoms with Crippen molar-refractivity contribution in [3.05, 3.63) is 65.2 Å². The standard InChI is InChI=1S/C21H25N3O2/c1-16-3-5-18(6-4-16)15-23-11-13-24(14-12-23)21(26)22-20-9-7-19(8-10-20)17(2)25/h3-10H,11-15H2,1-2H3,(H,22,26). The van der Waals surface area contributed by atoms with Crippen LogP contribution < -0.4 is 5.32 Å². The minimum atomic E-state index is -0.0874. The lowest BCUT2D eigenvalue weighted by Gasteiger charge is -2.34. The van der Waals surface area contributed by atoms with E-state index in [2.05, 4.69) is 41.4 Å². The molecule has 1 aliphatic rings. The number of carbonyl (C=O) groups excluding carboxylic acids is 2. The van der Waals surface area contributed by atoms with Crippen LogP contribution in [0.3, 0.4) is 0 Å². The molecule has 0 unspecified atom stereocenters. The molecule has 26 heavy (non-hydrogen) atoms. The molecule has 2 amide bonds. The van der Waals surface area contributed by atoms with Crippen molar-refractivity contribution in [3.63, 3.8) is 0 Å². The smallest absolute Gasteiger partial charge is 0.321 e. The van der Waals surface area contributed by atoms with Gasteiger partial charge in [-0.15, -0.1) is 0 Å². The first-order chi connectivity index (χ1) is 12.5. The van der Waals surface area contributed by atoms with Gasteiger partial charge in [0.1, 0.15) is 0 Å². The quantitative estimate of drug-likeness (QED) is 0.857. The van der Waals surface area contributed by atoms with Crippen LogP contribution in [-0.4, -0.2) is 47.8 Å². The van der Waals surface area contributed by atoms with Crippen LogP contribution in [-0.2, 0) is 6.54 Å². The van der Waals surface area contributed by atoms with Crippen molar-refractivity contribution in [3.8, 4) is 0 Å². The summed E-state index contributed by atoms with van der Waals surface area (Å²) >= 11 is 0. The van der Waals surface area contributed by atoms with Crippen LogP contribution in [0.25, 0.3) is 0 Å². The number of aryl methyl sites for hydroxylation is 1. The van der Waals surface area contributed by atoms with Crippen molar-refractivity contribution in [2.24, 2.45) is 0 Å². The van der Waals surface area contributed by atoms with Gasteiger partial charge in [0.2, 0.25) is 0 Å². The summed E-state index contributed by atoms with van der Waals surface area (Å²) in [5, 5.41) is 2.91. The number of amides is 2. The lowest BCUT2D eigenvalue weighted by Crippen LogP contribution is -2.49. The molecule has 0 bridgehead atoms. The van der Waals surface area contributed by atoms with Crippen LogP contribution in [0.4, 0.5) is 10.5 Å². The summed E-state index contributed by atoms with van der Waals surface area (Å²) in [5.74, 6) is 0.0209. The van der Waals surface area contributed by atoms with Gasteiger partial charge in [-0.05, 0) is 43.7 Å². The summed E-state index contributed by atoms with van der Waals surface area (Å²) in [6.07, 6.45) is 0. The monoisotopic (exact) mass is 351 g/mol. The van der Waals surface area contributed by atoms with E-state index >= 15 is 0 Å². The molecule has 0 aromatic heterocycles. The maximum absolute atomic E-state index is 12.4. The lowest BCUT2D eigenvalue weighted by atomic mass is 10.1. The maximum Gasteiger partial charge on any atom is 0.321 e. The summed E-state index contributed by atoms with van der Waals surface area (Å²) in [5.41, 5.74) is 3.93. The Bertz CT molecular complexity index is 761. The molecular weight excluding hydrogens is 326 g/mol. The number of benzene rings is 2. The van der Waals surface area contributed by atoms with Crippen molar-refractivity contribution < 1.29 is 9.59 Å². The molecule has 2 aromatic rings. The van der Waals surface area contributed by atoms with E-state index in [0.717, 1.165) is 19.6 Å². The number of hydrogen-bond donors (Lipinski definition) is 1. The van der Waals surface area contributed by atoms with Gasteiger partial charge in [0.05, 0.1) is 0 Å². The third-order valence-electron chi connectivity index (χ3n) is 4.73. The number of nitrogens with zero attached hydrogens (tertiary/aromatic N) is 2. The second-order valence-corrected chi connectivity index (χ2v) is 6.81. The molecule has 0 saturated carbocycles. The first kappa shape index (κ1) is 18.1. The fourth-order valence-corrected chi connectivity index (χ4v) is 3.05. The number of piperazine rings is 1. The number of Topliss-reactive ketones (excluding diaryl/α,β-unsaturated/α-hetero) is 1. The molecular formula is C21H25N3O2. The Labute approximate surface area is 154 Å². The average molecular weight is 351 g/mol. The Kier molecular flexibility index (Phi) is 5.68. The van der Waals surface area contributed by atoms with E-state index in [1.54, 1.807) is 24.3 Å². The van der Waals surface area contributed by atoms with Gasteiger partial charge in [-0.1, -0.05) is 29.8 Å². The first-order valence-corrected chi connectivity index (χ1v) is 8.96. The Balaban J connectivity index is 1.48. The predicted molar refractivity (Wildman–Crippen MR) is 103 cm³/mol. The van der Waals surface area contributed by atoms with Crippen molar-refractivity contribution in [2.45, 2.75) is 20.4 Å². The molecule has 5 nitrogen and oxygen atoms in total. The maximum atomic E-state index is 12.4. The summed E-state index contributed by atoms with van der Waals surface area (Å²) in [7, 11) is 0. The van der Waals surface area contributed by atoms with Crippen LogP contribution in [0.5, 0.6) is 0 Å². The van der Waals surface area contributed by atoms with Gasteiger partial charge in [0, 0.05) is 44.0 Å². The lowest BCUT2D eigenvalue weighted by molar-refractivity contribution is 0.101. The molecule has 1 heterocycles. The SMILES string of the molecule is CC(=O)c1ccc(NC(=O)N2CCN(Cc3ccc(C)cc3)CC2)cc1. The largest absolute Gasteiger partial charge is 0.322 e. The van der Waals surface area contributed by atoms with E-state index in [9.17, 15) is 9.59 Å². The average Bonchev–Trinajstić information content (AvgIpc) is 2.64. The minimum Gasteiger partial charge on any atom is -0.322 e. The van der Waals surface area contributed by atoms with Gasteiger partial charge in [0.25, 0.3) is 0 Å². The second-order valence-electron chi connectivity index (χ2n) is 6.81. The normalized spacial score (nSPS) is 14.9. The van der Waals surface area contributed by atoms with Gasteiger partial charge in [-0.25, -0.2) is 4.79 Å². The molecule has 0 atom stereocenters. The fraction of sp³-hybridized carbons (Fsp3) is 0.333. The molecule has 0 aliphatic carbocycles. The molecule has 1 N–H and O–H groups in total. The molecule has 136 valence electrons. The Morgan fingerprint density at radius 2 is 1.54 bits per heavy atom. The zero-order valence-corrected chi connectivity index (χ0v) is 15.4. The predicted octanol–water partition coefficient (Wildman–Crippen LogP) is 3.55. The van der Waals surface area contributed by atoms with E-state index in [4.69, 9.17) is 0 Å². The molecule has 1 saturated heterocycles. The van der Waals surface area contributed by atoms with Crippen LogP contribution in [0.15, 0.2) is 48.5 Å². The highest BCUT2D eigenvalue weighted by Gasteiger charge is 2.21. The number of carbonyl (C=O) groups is 2. The van der Waals surface area contributed by atoms with Crippen LogP contribution in [0.2, 0.25) is 0 Å². The molecule has 1 fully saturated rings. The van der Waals surface area contributed by atoms with Gasteiger partial charge < -0.3 is 10.2 Å². The van der Waals surface area contributed by atoms with Crippen molar-refractivity contribution in [2.75, 3.05) is 31.5 Å². The van der Waals surface area contributed by atoms with Gasteiger partial charge in [-0.2, -0.15) is 0 Å². The van der Waals surface area contributed by atoms with E-state index in [1.807, 2.05) is 4.90 Å².